The molecule has 1 aliphatic rings. The summed E-state index contributed by atoms with van der Waals surface area (Å²) >= 11 is 5.86. The highest BCUT2D eigenvalue weighted by Crippen LogP contribution is 2.19. The van der Waals surface area contributed by atoms with Crippen LogP contribution in [0.4, 0.5) is 5.69 Å². The summed E-state index contributed by atoms with van der Waals surface area (Å²) in [5, 5.41) is 7.13. The zero-order valence-corrected chi connectivity index (χ0v) is 8.73. The third-order valence-electron chi connectivity index (χ3n) is 2.12. The van der Waals surface area contributed by atoms with Crippen LogP contribution in [0.1, 0.15) is 5.56 Å². The lowest BCUT2D eigenvalue weighted by molar-refractivity contribution is 0.959. The van der Waals surface area contributed by atoms with E-state index in [1.807, 2.05) is 25.1 Å². The monoisotopic (exact) mass is 209 g/mol. The van der Waals surface area contributed by atoms with Gasteiger partial charge in [0.05, 0.1) is 6.54 Å². The average Bonchev–Trinajstić information content (AvgIpc) is 2.62. The molecular formula is C10H12ClN3. The fourth-order valence-electron chi connectivity index (χ4n) is 1.38. The molecule has 3 nitrogen and oxygen atoms in total. The summed E-state index contributed by atoms with van der Waals surface area (Å²) in [6, 6.07) is 5.76. The average molecular weight is 210 g/mol. The molecule has 0 aliphatic carbocycles. The molecule has 2 rings (SSSR count). The first-order valence-electron chi connectivity index (χ1n) is 4.57. The van der Waals surface area contributed by atoms with Crippen molar-refractivity contribution in [2.24, 2.45) is 4.99 Å². The number of rotatable bonds is 1. The minimum Gasteiger partial charge on any atom is -0.354 e. The predicted molar refractivity (Wildman–Crippen MR) is 60.1 cm³/mol. The van der Waals surface area contributed by atoms with Crippen LogP contribution in [0.5, 0.6) is 0 Å². The maximum atomic E-state index is 5.86. The molecule has 0 bridgehead atoms. The van der Waals surface area contributed by atoms with Crippen LogP contribution in [-0.2, 0) is 0 Å². The normalized spacial score (nSPS) is 14.9. The highest BCUT2D eigenvalue weighted by atomic mass is 35.5. The third kappa shape index (κ3) is 1.99. The number of guanidine groups is 1. The van der Waals surface area contributed by atoms with Gasteiger partial charge in [0.15, 0.2) is 5.96 Å². The summed E-state index contributed by atoms with van der Waals surface area (Å²) < 4.78 is 0. The lowest BCUT2D eigenvalue weighted by Gasteiger charge is -2.09. The minimum absolute atomic E-state index is 0.759. The molecule has 0 atom stereocenters. The van der Waals surface area contributed by atoms with Crippen LogP contribution >= 0.6 is 11.6 Å². The molecule has 0 saturated heterocycles. The first kappa shape index (κ1) is 9.34. The molecule has 14 heavy (non-hydrogen) atoms. The Bertz CT molecular complexity index is 374. The zero-order valence-electron chi connectivity index (χ0n) is 7.97. The van der Waals surface area contributed by atoms with Gasteiger partial charge in [-0.2, -0.15) is 0 Å². The summed E-state index contributed by atoms with van der Waals surface area (Å²) in [5.74, 6) is 0.843. The molecular weight excluding hydrogens is 198 g/mol. The van der Waals surface area contributed by atoms with Crippen molar-refractivity contribution in [3.8, 4) is 0 Å². The van der Waals surface area contributed by atoms with E-state index in [-0.39, 0.29) is 0 Å². The van der Waals surface area contributed by atoms with Crippen molar-refractivity contribution in [1.29, 1.82) is 0 Å². The predicted octanol–water partition coefficient (Wildman–Crippen LogP) is 2.02. The summed E-state index contributed by atoms with van der Waals surface area (Å²) in [7, 11) is 0. The Morgan fingerprint density at radius 2 is 2.36 bits per heavy atom. The van der Waals surface area contributed by atoms with Gasteiger partial charge in [0.2, 0.25) is 0 Å². The quantitative estimate of drug-likeness (QED) is 0.743. The largest absolute Gasteiger partial charge is 0.354 e. The van der Waals surface area contributed by atoms with E-state index in [1.165, 1.54) is 0 Å². The molecule has 0 unspecified atom stereocenters. The van der Waals surface area contributed by atoms with Crippen molar-refractivity contribution in [2.75, 3.05) is 18.4 Å². The number of aliphatic imine (C=N–C) groups is 1. The van der Waals surface area contributed by atoms with Crippen molar-refractivity contribution in [1.82, 2.24) is 5.32 Å². The summed E-state index contributed by atoms with van der Waals surface area (Å²) in [6.07, 6.45) is 0. The number of nitrogens with zero attached hydrogens (tertiary/aromatic N) is 1. The Balaban J connectivity index is 2.16. The molecule has 4 heteroatoms. The highest BCUT2D eigenvalue weighted by molar-refractivity contribution is 6.30. The molecule has 74 valence electrons. The van der Waals surface area contributed by atoms with E-state index >= 15 is 0 Å². The van der Waals surface area contributed by atoms with Crippen LogP contribution in [0, 0.1) is 6.92 Å². The van der Waals surface area contributed by atoms with E-state index in [0.29, 0.717) is 0 Å². The van der Waals surface area contributed by atoms with Gasteiger partial charge in [0.1, 0.15) is 0 Å². The zero-order chi connectivity index (χ0) is 9.97. The van der Waals surface area contributed by atoms with Gasteiger partial charge >= 0.3 is 0 Å². The second-order valence-electron chi connectivity index (χ2n) is 3.24. The molecule has 1 aromatic carbocycles. The molecule has 0 fully saturated rings. The maximum absolute atomic E-state index is 5.86. The van der Waals surface area contributed by atoms with E-state index < -0.39 is 0 Å². The molecule has 1 aliphatic heterocycles. The third-order valence-corrected chi connectivity index (χ3v) is 2.35. The van der Waals surface area contributed by atoms with Gasteiger partial charge in [-0.3, -0.25) is 4.99 Å². The molecule has 0 aromatic heterocycles. The van der Waals surface area contributed by atoms with Crippen molar-refractivity contribution in [3.05, 3.63) is 28.8 Å². The first-order valence-corrected chi connectivity index (χ1v) is 4.95. The van der Waals surface area contributed by atoms with E-state index in [9.17, 15) is 0 Å². The number of hydrogen-bond donors (Lipinski definition) is 2. The Morgan fingerprint density at radius 1 is 1.50 bits per heavy atom. The van der Waals surface area contributed by atoms with Gasteiger partial charge in [-0.25, -0.2) is 0 Å². The Kier molecular flexibility index (Phi) is 2.59. The van der Waals surface area contributed by atoms with Crippen molar-refractivity contribution in [2.45, 2.75) is 6.92 Å². The topological polar surface area (TPSA) is 36.4 Å². The molecule has 0 amide bonds. The van der Waals surface area contributed by atoms with Gasteiger partial charge in [-0.15, -0.1) is 0 Å². The number of halogens is 1. The van der Waals surface area contributed by atoms with E-state index in [0.717, 1.165) is 35.3 Å². The van der Waals surface area contributed by atoms with Crippen LogP contribution in [-0.4, -0.2) is 19.0 Å². The maximum Gasteiger partial charge on any atom is 0.195 e. The Morgan fingerprint density at radius 3 is 3.00 bits per heavy atom. The number of benzene rings is 1. The fraction of sp³-hybridized carbons (Fsp3) is 0.300. The Labute approximate surface area is 88.2 Å². The van der Waals surface area contributed by atoms with Gasteiger partial charge < -0.3 is 10.6 Å². The Hall–Kier alpha value is -1.22. The van der Waals surface area contributed by atoms with E-state index in [4.69, 9.17) is 11.6 Å². The number of aryl methyl sites for hydroxylation is 1. The lowest BCUT2D eigenvalue weighted by Crippen LogP contribution is -2.26. The number of nitrogens with one attached hydrogen (secondary N) is 2. The van der Waals surface area contributed by atoms with Crippen molar-refractivity contribution in [3.63, 3.8) is 0 Å². The second kappa shape index (κ2) is 3.88. The lowest BCUT2D eigenvalue weighted by atomic mass is 10.2. The van der Waals surface area contributed by atoms with E-state index in [2.05, 4.69) is 15.6 Å². The van der Waals surface area contributed by atoms with Gasteiger partial charge in [0.25, 0.3) is 0 Å². The molecule has 0 saturated carbocycles. The van der Waals surface area contributed by atoms with Crippen LogP contribution in [0.25, 0.3) is 0 Å². The molecule has 1 heterocycles. The smallest absolute Gasteiger partial charge is 0.195 e. The van der Waals surface area contributed by atoms with Crippen LogP contribution in [0.2, 0.25) is 5.02 Å². The van der Waals surface area contributed by atoms with Crippen LogP contribution < -0.4 is 10.6 Å². The van der Waals surface area contributed by atoms with Gasteiger partial charge in [-0.1, -0.05) is 11.6 Å². The SMILES string of the molecule is Cc1cc(Cl)ccc1NC1=NCCN1. The van der Waals surface area contributed by atoms with E-state index in [1.54, 1.807) is 0 Å². The van der Waals surface area contributed by atoms with Gasteiger partial charge in [-0.05, 0) is 30.7 Å². The standard InChI is InChI=1S/C10H12ClN3/c1-7-6-8(11)2-3-9(7)14-10-12-4-5-13-10/h2-3,6H,4-5H2,1H3,(H2,12,13,14). The second-order valence-corrected chi connectivity index (χ2v) is 3.68. The highest BCUT2D eigenvalue weighted by Gasteiger charge is 2.06. The molecule has 0 spiro atoms. The summed E-state index contributed by atoms with van der Waals surface area (Å²) in [6.45, 7) is 3.77. The minimum atomic E-state index is 0.759. The molecule has 2 N–H and O–H groups in total. The van der Waals surface area contributed by atoms with Crippen LogP contribution in [0.15, 0.2) is 23.2 Å². The molecule has 1 aromatic rings. The summed E-state index contributed by atoms with van der Waals surface area (Å²) in [4.78, 5) is 4.26. The van der Waals surface area contributed by atoms with Crippen molar-refractivity contribution < 1.29 is 0 Å². The van der Waals surface area contributed by atoms with Crippen LogP contribution in [0.3, 0.4) is 0 Å². The van der Waals surface area contributed by atoms with Crippen molar-refractivity contribution >= 4 is 23.2 Å². The first-order chi connectivity index (χ1) is 6.75. The number of hydrogen-bond acceptors (Lipinski definition) is 3. The van der Waals surface area contributed by atoms with Gasteiger partial charge in [0, 0.05) is 17.3 Å². The number of anilines is 1. The summed E-state index contributed by atoms with van der Waals surface area (Å²) in [5.41, 5.74) is 2.16. The fourth-order valence-corrected chi connectivity index (χ4v) is 1.60. The molecule has 0 radical (unpaired) electrons.